The molecule has 5 nitrogen and oxygen atoms in total. The maximum Gasteiger partial charge on any atom is 0.128 e. The molecular formula is C24H25ClN4O. The monoisotopic (exact) mass is 420 g/mol. The number of aryl methyl sites for hydroxylation is 1. The Morgan fingerprint density at radius 1 is 1.10 bits per heavy atom. The fraction of sp³-hybridized carbons (Fsp3) is 0.375. The fourth-order valence-corrected chi connectivity index (χ4v) is 4.85. The summed E-state index contributed by atoms with van der Waals surface area (Å²) in [4.78, 5) is 16.4. The summed E-state index contributed by atoms with van der Waals surface area (Å²) in [7, 11) is 0. The van der Waals surface area contributed by atoms with Crippen LogP contribution in [-0.2, 0) is 10.3 Å². The average Bonchev–Trinajstić information content (AvgIpc) is 3.09. The summed E-state index contributed by atoms with van der Waals surface area (Å²) in [5, 5.41) is 0.671. The van der Waals surface area contributed by atoms with Crippen LogP contribution in [0.25, 0.3) is 0 Å². The van der Waals surface area contributed by atoms with E-state index in [1.54, 1.807) is 12.3 Å². The molecule has 0 N–H and O–H groups in total. The number of halogens is 1. The van der Waals surface area contributed by atoms with Crippen molar-refractivity contribution in [2.75, 3.05) is 13.1 Å². The van der Waals surface area contributed by atoms with E-state index < -0.39 is 0 Å². The van der Waals surface area contributed by atoms with E-state index in [9.17, 15) is 0 Å². The Hall–Kier alpha value is -2.34. The van der Waals surface area contributed by atoms with Gasteiger partial charge in [0.25, 0.3) is 0 Å². The molecule has 5 rings (SSSR count). The Balaban J connectivity index is 1.39. The van der Waals surface area contributed by atoms with Gasteiger partial charge >= 0.3 is 0 Å². The van der Waals surface area contributed by atoms with Crippen molar-refractivity contribution in [3.63, 3.8) is 0 Å². The van der Waals surface area contributed by atoms with Crippen molar-refractivity contribution in [3.05, 3.63) is 88.2 Å². The quantitative estimate of drug-likeness (QED) is 0.596. The number of likely N-dealkylation sites (tertiary alicyclic amines) is 1. The number of pyridine rings is 3. The van der Waals surface area contributed by atoms with Gasteiger partial charge in [0.2, 0.25) is 0 Å². The standard InChI is InChI=1S/C24H25ClN4O/c1-16-5-6-20(28-15-16)17(2)29-12-8-24(9-13-29)23-19(4-3-10-27-23)22(30-24)21-14-18(25)7-11-26-21/h3-7,10-11,14-15,17,22H,8-9,12-13H2,1-2H3. The number of nitrogens with zero attached hydrogens (tertiary/aromatic N) is 4. The highest BCUT2D eigenvalue weighted by atomic mass is 35.5. The van der Waals surface area contributed by atoms with E-state index in [1.807, 2.05) is 24.5 Å². The molecule has 2 aliphatic heterocycles. The van der Waals surface area contributed by atoms with Gasteiger partial charge in [-0.2, -0.15) is 0 Å². The molecule has 2 unspecified atom stereocenters. The molecule has 154 valence electrons. The lowest BCUT2D eigenvalue weighted by Gasteiger charge is -2.41. The summed E-state index contributed by atoms with van der Waals surface area (Å²) >= 11 is 6.23. The zero-order valence-electron chi connectivity index (χ0n) is 17.3. The Labute approximate surface area is 182 Å². The van der Waals surface area contributed by atoms with Crippen molar-refractivity contribution in [2.24, 2.45) is 0 Å². The Bertz CT molecular complexity index is 1050. The zero-order chi connectivity index (χ0) is 20.7. The number of ether oxygens (including phenoxy) is 1. The van der Waals surface area contributed by atoms with E-state index in [0.29, 0.717) is 5.02 Å². The predicted octanol–water partition coefficient (Wildman–Crippen LogP) is 5.01. The highest BCUT2D eigenvalue weighted by Crippen LogP contribution is 2.50. The van der Waals surface area contributed by atoms with Gasteiger partial charge in [-0.3, -0.25) is 19.9 Å². The van der Waals surface area contributed by atoms with Crippen LogP contribution in [0.4, 0.5) is 0 Å². The second-order valence-electron chi connectivity index (χ2n) is 8.30. The van der Waals surface area contributed by atoms with Crippen molar-refractivity contribution < 1.29 is 4.74 Å². The molecule has 0 bridgehead atoms. The summed E-state index contributed by atoms with van der Waals surface area (Å²) in [6, 6.07) is 12.3. The molecule has 0 amide bonds. The molecule has 3 aromatic heterocycles. The van der Waals surface area contributed by atoms with E-state index in [4.69, 9.17) is 21.3 Å². The first-order valence-corrected chi connectivity index (χ1v) is 10.8. The number of hydrogen-bond acceptors (Lipinski definition) is 5. The first kappa shape index (κ1) is 19.6. The van der Waals surface area contributed by atoms with Crippen molar-refractivity contribution in [1.29, 1.82) is 0 Å². The molecule has 2 aliphatic rings. The molecule has 0 aromatic carbocycles. The second-order valence-corrected chi connectivity index (χ2v) is 8.74. The summed E-state index contributed by atoms with van der Waals surface area (Å²) in [5.74, 6) is 0. The summed E-state index contributed by atoms with van der Waals surface area (Å²) < 4.78 is 6.72. The second kappa shape index (κ2) is 7.73. The molecular weight excluding hydrogens is 396 g/mol. The van der Waals surface area contributed by atoms with E-state index in [1.165, 1.54) is 5.56 Å². The van der Waals surface area contributed by atoms with E-state index in [2.05, 4.69) is 46.9 Å². The van der Waals surface area contributed by atoms with E-state index >= 15 is 0 Å². The maximum atomic E-state index is 6.72. The molecule has 1 saturated heterocycles. The van der Waals surface area contributed by atoms with E-state index in [0.717, 1.165) is 48.6 Å². The highest BCUT2D eigenvalue weighted by Gasteiger charge is 2.49. The molecule has 0 radical (unpaired) electrons. The molecule has 30 heavy (non-hydrogen) atoms. The largest absolute Gasteiger partial charge is 0.354 e. The van der Waals surface area contributed by atoms with Crippen molar-refractivity contribution in [1.82, 2.24) is 19.9 Å². The molecule has 6 heteroatoms. The molecule has 1 spiro atoms. The predicted molar refractivity (Wildman–Crippen MR) is 116 cm³/mol. The van der Waals surface area contributed by atoms with Gasteiger partial charge in [0.05, 0.1) is 17.1 Å². The summed E-state index contributed by atoms with van der Waals surface area (Å²) in [5.41, 5.74) is 4.93. The Morgan fingerprint density at radius 2 is 1.93 bits per heavy atom. The lowest BCUT2D eigenvalue weighted by molar-refractivity contribution is -0.104. The molecule has 2 atom stereocenters. The summed E-state index contributed by atoms with van der Waals surface area (Å²) in [6.07, 6.45) is 7.11. The minimum atomic E-state index is -0.373. The van der Waals surface area contributed by atoms with Crippen LogP contribution in [-0.4, -0.2) is 32.9 Å². The first-order valence-electron chi connectivity index (χ1n) is 10.5. The molecule has 5 heterocycles. The van der Waals surface area contributed by atoms with Gasteiger partial charge < -0.3 is 4.74 Å². The number of aromatic nitrogens is 3. The number of piperidine rings is 1. The molecule has 3 aromatic rings. The molecule has 1 fully saturated rings. The zero-order valence-corrected chi connectivity index (χ0v) is 18.0. The Kier molecular flexibility index (Phi) is 5.05. The van der Waals surface area contributed by atoms with Crippen LogP contribution in [0.3, 0.4) is 0 Å². The maximum absolute atomic E-state index is 6.72. The van der Waals surface area contributed by atoms with Gasteiger partial charge in [-0.1, -0.05) is 23.7 Å². The lowest BCUT2D eigenvalue weighted by atomic mass is 9.86. The molecule has 0 aliphatic carbocycles. The van der Waals surface area contributed by atoms with Crippen LogP contribution in [0.1, 0.15) is 60.1 Å². The van der Waals surface area contributed by atoms with Crippen molar-refractivity contribution >= 4 is 11.6 Å². The third kappa shape index (κ3) is 3.41. The number of fused-ring (bicyclic) bond motifs is 2. The highest BCUT2D eigenvalue weighted by molar-refractivity contribution is 6.30. The first-order chi connectivity index (χ1) is 14.6. The van der Waals surface area contributed by atoms with Gasteiger partial charge in [0, 0.05) is 48.3 Å². The third-order valence-electron chi connectivity index (χ3n) is 6.42. The topological polar surface area (TPSA) is 51.1 Å². The van der Waals surface area contributed by atoms with E-state index in [-0.39, 0.29) is 17.7 Å². The van der Waals surface area contributed by atoms with Gasteiger partial charge in [0.1, 0.15) is 11.7 Å². The smallest absolute Gasteiger partial charge is 0.128 e. The van der Waals surface area contributed by atoms with Crippen LogP contribution in [0, 0.1) is 6.92 Å². The lowest BCUT2D eigenvalue weighted by Crippen LogP contribution is -2.44. The van der Waals surface area contributed by atoms with Crippen LogP contribution in [0.15, 0.2) is 55.0 Å². The van der Waals surface area contributed by atoms with Crippen LogP contribution in [0.2, 0.25) is 5.02 Å². The fourth-order valence-electron chi connectivity index (χ4n) is 4.68. The van der Waals surface area contributed by atoms with Gasteiger partial charge in [-0.25, -0.2) is 0 Å². The van der Waals surface area contributed by atoms with Gasteiger partial charge in [0.15, 0.2) is 0 Å². The minimum Gasteiger partial charge on any atom is -0.354 e. The third-order valence-corrected chi connectivity index (χ3v) is 6.66. The van der Waals surface area contributed by atoms with Crippen molar-refractivity contribution in [2.45, 2.75) is 44.4 Å². The van der Waals surface area contributed by atoms with Crippen LogP contribution in [0.5, 0.6) is 0 Å². The minimum absolute atomic E-state index is 0.227. The van der Waals surface area contributed by atoms with Gasteiger partial charge in [-0.05, 0) is 56.5 Å². The number of rotatable bonds is 3. The normalized spacial score (nSPS) is 21.5. The SMILES string of the molecule is Cc1ccc(C(C)N2CCC3(CC2)OC(c2cc(Cl)ccn2)c2cccnc23)nc1. The van der Waals surface area contributed by atoms with Gasteiger partial charge in [-0.15, -0.1) is 0 Å². The summed E-state index contributed by atoms with van der Waals surface area (Å²) in [6.45, 7) is 6.17. The number of hydrogen-bond donors (Lipinski definition) is 0. The van der Waals surface area contributed by atoms with Crippen molar-refractivity contribution in [3.8, 4) is 0 Å². The average molecular weight is 421 g/mol. The Morgan fingerprint density at radius 3 is 2.67 bits per heavy atom. The van der Waals surface area contributed by atoms with Crippen LogP contribution >= 0.6 is 11.6 Å². The van der Waals surface area contributed by atoms with Crippen LogP contribution < -0.4 is 0 Å². The molecule has 0 saturated carbocycles.